The second kappa shape index (κ2) is 7.29. The molecule has 0 aliphatic carbocycles. The first-order valence-electron chi connectivity index (χ1n) is 9.01. The second-order valence-electron chi connectivity index (χ2n) is 7.01. The van der Waals surface area contributed by atoms with Crippen LogP contribution in [0.3, 0.4) is 0 Å². The maximum absolute atomic E-state index is 12.9. The molecule has 0 aromatic heterocycles. The largest absolute Gasteiger partial charge is 0.371 e. The Morgan fingerprint density at radius 1 is 1.08 bits per heavy atom. The van der Waals surface area contributed by atoms with E-state index in [1.54, 1.807) is 18.2 Å². The molecule has 0 radical (unpaired) electrons. The van der Waals surface area contributed by atoms with Crippen LogP contribution in [0.1, 0.15) is 35.1 Å². The maximum Gasteiger partial charge on any atom is 0.261 e. The summed E-state index contributed by atoms with van der Waals surface area (Å²) in [6, 6.07) is 8.84. The first kappa shape index (κ1) is 18.7. The summed E-state index contributed by atoms with van der Waals surface area (Å²) < 4.78 is 28.7. The lowest BCUT2D eigenvalue weighted by Crippen LogP contribution is -2.22. The molecule has 1 aliphatic rings. The summed E-state index contributed by atoms with van der Waals surface area (Å²) in [7, 11) is -3.67. The summed E-state index contributed by atoms with van der Waals surface area (Å²) in [5, 5.41) is 0. The third-order valence-corrected chi connectivity index (χ3v) is 6.38. The number of nitrogens with one attached hydrogen (secondary N) is 1. The highest BCUT2D eigenvalue weighted by atomic mass is 32.2. The van der Waals surface area contributed by atoms with Crippen molar-refractivity contribution in [2.45, 2.75) is 45.1 Å². The number of rotatable bonds is 5. The van der Waals surface area contributed by atoms with Crippen molar-refractivity contribution in [1.82, 2.24) is 0 Å². The monoisotopic (exact) mass is 373 g/mol. The van der Waals surface area contributed by atoms with Crippen molar-refractivity contribution >= 4 is 21.4 Å². The summed E-state index contributed by atoms with van der Waals surface area (Å²) in [5.74, 6) is 0. The molecule has 0 amide bonds. The van der Waals surface area contributed by atoms with Gasteiger partial charge >= 0.3 is 0 Å². The van der Waals surface area contributed by atoms with E-state index in [0.717, 1.165) is 35.5 Å². The van der Waals surface area contributed by atoms with Gasteiger partial charge in [-0.25, -0.2) is 8.42 Å². The third kappa shape index (κ3) is 3.57. The van der Waals surface area contributed by atoms with Crippen LogP contribution >= 0.6 is 0 Å². The number of aryl methyl sites for hydroxylation is 2. The highest BCUT2D eigenvalue weighted by molar-refractivity contribution is 7.92. The topological polar surface area (TPSA) is 75.4 Å². The molecule has 2 aromatic carbocycles. The Morgan fingerprint density at radius 2 is 1.77 bits per heavy atom. The van der Waals surface area contributed by atoms with Gasteiger partial charge in [0.1, 0.15) is 0 Å². The summed E-state index contributed by atoms with van der Waals surface area (Å²) in [6.07, 6.45) is 2.36. The van der Waals surface area contributed by atoms with Gasteiger partial charge in [-0.05, 0) is 68.0 Å². The number of benzene rings is 2. The number of hydrogen-bond donors (Lipinski definition) is 2. The van der Waals surface area contributed by atoms with Crippen LogP contribution < -0.4 is 15.4 Å². The molecule has 0 unspecified atom stereocenters. The van der Waals surface area contributed by atoms with Crippen LogP contribution in [-0.4, -0.2) is 21.5 Å². The van der Waals surface area contributed by atoms with Crippen molar-refractivity contribution in [2.24, 2.45) is 5.73 Å². The molecule has 0 spiro atoms. The smallest absolute Gasteiger partial charge is 0.261 e. The van der Waals surface area contributed by atoms with Crippen molar-refractivity contribution in [3.05, 3.63) is 52.6 Å². The van der Waals surface area contributed by atoms with E-state index in [1.807, 2.05) is 19.9 Å². The molecule has 5 nitrogen and oxygen atoms in total. The second-order valence-corrected chi connectivity index (χ2v) is 8.69. The van der Waals surface area contributed by atoms with Gasteiger partial charge in [-0.1, -0.05) is 18.2 Å². The zero-order valence-corrected chi connectivity index (χ0v) is 16.5. The molecule has 0 saturated carbocycles. The lowest BCUT2D eigenvalue weighted by atomic mass is 10.0. The van der Waals surface area contributed by atoms with Crippen LogP contribution in [-0.2, 0) is 16.6 Å². The van der Waals surface area contributed by atoms with Gasteiger partial charge in [0, 0.05) is 25.3 Å². The van der Waals surface area contributed by atoms with Gasteiger partial charge in [0.15, 0.2) is 0 Å². The maximum atomic E-state index is 12.9. The van der Waals surface area contributed by atoms with Crippen LogP contribution in [0, 0.1) is 20.8 Å². The van der Waals surface area contributed by atoms with E-state index in [4.69, 9.17) is 5.73 Å². The molecule has 2 aromatic rings. The molecule has 26 heavy (non-hydrogen) atoms. The van der Waals surface area contributed by atoms with Gasteiger partial charge < -0.3 is 10.6 Å². The van der Waals surface area contributed by atoms with Gasteiger partial charge in [0.05, 0.1) is 10.6 Å². The van der Waals surface area contributed by atoms with Gasteiger partial charge in [-0.15, -0.1) is 0 Å². The third-order valence-electron chi connectivity index (χ3n) is 5.03. The Kier molecular flexibility index (Phi) is 5.25. The first-order chi connectivity index (χ1) is 12.3. The molecule has 3 rings (SSSR count). The van der Waals surface area contributed by atoms with Gasteiger partial charge in [0.2, 0.25) is 0 Å². The molecule has 1 aliphatic heterocycles. The Labute approximate surface area is 156 Å². The van der Waals surface area contributed by atoms with E-state index in [0.29, 0.717) is 12.2 Å². The van der Waals surface area contributed by atoms with E-state index in [2.05, 4.69) is 22.6 Å². The zero-order valence-electron chi connectivity index (χ0n) is 15.7. The van der Waals surface area contributed by atoms with Gasteiger partial charge in [-0.3, -0.25) is 4.72 Å². The fourth-order valence-electron chi connectivity index (χ4n) is 3.79. The van der Waals surface area contributed by atoms with Crippen molar-refractivity contribution < 1.29 is 8.42 Å². The number of sulfonamides is 1. The molecule has 0 atom stereocenters. The predicted molar refractivity (Wildman–Crippen MR) is 107 cm³/mol. The molecule has 6 heteroatoms. The molecule has 1 fully saturated rings. The molecular formula is C20H27N3O2S. The van der Waals surface area contributed by atoms with E-state index in [9.17, 15) is 8.42 Å². The quantitative estimate of drug-likeness (QED) is 0.841. The van der Waals surface area contributed by atoms with E-state index >= 15 is 0 Å². The molecule has 1 saturated heterocycles. The van der Waals surface area contributed by atoms with Crippen molar-refractivity contribution in [3.8, 4) is 0 Å². The summed E-state index contributed by atoms with van der Waals surface area (Å²) in [5.41, 5.74) is 11.4. The Hall–Kier alpha value is -2.05. The standard InChI is InChI=1S/C20H27N3O2S/c1-14-11-15(2)20(23-9-4-5-10-23)16(3)19(14)22-26(24,25)18-8-6-7-17(12-18)13-21/h6-8,11-12,22H,4-5,9-10,13,21H2,1-3H3. The number of anilines is 2. The van der Waals surface area contributed by atoms with Crippen molar-refractivity contribution in [2.75, 3.05) is 22.7 Å². The lowest BCUT2D eigenvalue weighted by molar-refractivity contribution is 0.601. The van der Waals surface area contributed by atoms with Crippen LogP contribution in [0.25, 0.3) is 0 Å². The average Bonchev–Trinajstić information content (AvgIpc) is 3.12. The summed E-state index contributed by atoms with van der Waals surface area (Å²) in [6.45, 7) is 8.40. The SMILES string of the molecule is Cc1cc(C)c(N2CCCC2)c(C)c1NS(=O)(=O)c1cccc(CN)c1. The Balaban J connectivity index is 2.02. The molecular weight excluding hydrogens is 346 g/mol. The van der Waals surface area contributed by atoms with Gasteiger partial charge in [-0.2, -0.15) is 0 Å². The highest BCUT2D eigenvalue weighted by Gasteiger charge is 2.23. The van der Waals surface area contributed by atoms with Crippen molar-refractivity contribution in [1.29, 1.82) is 0 Å². The summed E-state index contributed by atoms with van der Waals surface area (Å²) >= 11 is 0. The summed E-state index contributed by atoms with van der Waals surface area (Å²) in [4.78, 5) is 2.60. The fourth-order valence-corrected chi connectivity index (χ4v) is 5.06. The minimum Gasteiger partial charge on any atom is -0.371 e. The number of nitrogens with zero attached hydrogens (tertiary/aromatic N) is 1. The zero-order chi connectivity index (χ0) is 18.9. The Bertz CT molecular complexity index is 917. The number of nitrogens with two attached hydrogens (primary N) is 1. The first-order valence-corrected chi connectivity index (χ1v) is 10.5. The fraction of sp³-hybridized carbons (Fsp3) is 0.400. The van der Waals surface area contributed by atoms with Crippen LogP contribution in [0.15, 0.2) is 35.2 Å². The van der Waals surface area contributed by atoms with Crippen LogP contribution in [0.5, 0.6) is 0 Å². The lowest BCUT2D eigenvalue weighted by Gasteiger charge is -2.26. The van der Waals surface area contributed by atoms with Gasteiger partial charge in [0.25, 0.3) is 10.0 Å². The normalized spacial score (nSPS) is 14.7. The van der Waals surface area contributed by atoms with Crippen LogP contribution in [0.4, 0.5) is 11.4 Å². The molecule has 140 valence electrons. The average molecular weight is 374 g/mol. The number of hydrogen-bond acceptors (Lipinski definition) is 4. The van der Waals surface area contributed by atoms with E-state index in [1.165, 1.54) is 18.4 Å². The van der Waals surface area contributed by atoms with Crippen LogP contribution in [0.2, 0.25) is 0 Å². The highest BCUT2D eigenvalue weighted by Crippen LogP contribution is 2.36. The Morgan fingerprint density at radius 3 is 2.42 bits per heavy atom. The molecule has 0 bridgehead atoms. The minimum atomic E-state index is -3.67. The van der Waals surface area contributed by atoms with Crippen molar-refractivity contribution in [3.63, 3.8) is 0 Å². The molecule has 3 N–H and O–H groups in total. The predicted octanol–water partition coefficient (Wildman–Crippen LogP) is 3.47. The van der Waals surface area contributed by atoms with E-state index in [-0.39, 0.29) is 4.90 Å². The molecule has 1 heterocycles. The minimum absolute atomic E-state index is 0.238. The van der Waals surface area contributed by atoms with E-state index < -0.39 is 10.0 Å².